The number of anilines is 2. The fourth-order valence-corrected chi connectivity index (χ4v) is 5.02. The SMILES string of the molecule is CCCCNc1nc(N)nc2c3ccccc3n(Cc3cc(CNCC4CCOC4)ccc3OC)c12.CCO. The number of rotatable bonds is 11. The van der Waals surface area contributed by atoms with Crippen LogP contribution in [-0.2, 0) is 17.8 Å². The number of benzene rings is 2. The maximum Gasteiger partial charge on any atom is 0.222 e. The van der Waals surface area contributed by atoms with Crippen molar-refractivity contribution in [2.24, 2.45) is 5.92 Å². The number of ether oxygens (including phenoxy) is 2. The lowest BCUT2D eigenvalue weighted by Crippen LogP contribution is -2.22. The monoisotopic (exact) mass is 534 g/mol. The Bertz CT molecular complexity index is 1350. The summed E-state index contributed by atoms with van der Waals surface area (Å²) in [6, 6.07) is 14.8. The number of nitrogens with zero attached hydrogens (tertiary/aromatic N) is 3. The molecule has 39 heavy (non-hydrogen) atoms. The zero-order valence-electron chi connectivity index (χ0n) is 23.4. The minimum Gasteiger partial charge on any atom is -0.496 e. The van der Waals surface area contributed by atoms with Crippen molar-refractivity contribution in [3.05, 3.63) is 53.6 Å². The van der Waals surface area contributed by atoms with Gasteiger partial charge in [0.05, 0.1) is 25.8 Å². The quantitative estimate of drug-likeness (QED) is 0.207. The van der Waals surface area contributed by atoms with Crippen molar-refractivity contribution in [2.75, 3.05) is 51.1 Å². The van der Waals surface area contributed by atoms with Gasteiger partial charge >= 0.3 is 0 Å². The van der Waals surface area contributed by atoms with Crippen molar-refractivity contribution < 1.29 is 14.6 Å². The van der Waals surface area contributed by atoms with E-state index in [1.807, 2.05) is 6.07 Å². The van der Waals surface area contributed by atoms with Gasteiger partial charge in [0.1, 0.15) is 16.8 Å². The third-order valence-corrected chi connectivity index (χ3v) is 6.90. The van der Waals surface area contributed by atoms with Crippen molar-refractivity contribution in [2.45, 2.75) is 46.2 Å². The summed E-state index contributed by atoms with van der Waals surface area (Å²) in [4.78, 5) is 9.24. The normalized spacial score (nSPS) is 14.9. The number of para-hydroxylation sites is 1. The molecule has 5 N–H and O–H groups in total. The first-order valence-corrected chi connectivity index (χ1v) is 13.9. The summed E-state index contributed by atoms with van der Waals surface area (Å²) in [6.45, 7) is 9.09. The number of nitrogens with two attached hydrogens (primary N) is 1. The van der Waals surface area contributed by atoms with Gasteiger partial charge in [0.2, 0.25) is 5.95 Å². The predicted molar refractivity (Wildman–Crippen MR) is 158 cm³/mol. The van der Waals surface area contributed by atoms with Crippen LogP contribution in [0.4, 0.5) is 11.8 Å². The Labute approximate surface area is 230 Å². The Hall–Kier alpha value is -3.40. The van der Waals surface area contributed by atoms with Gasteiger partial charge in [0.25, 0.3) is 0 Å². The van der Waals surface area contributed by atoms with Gasteiger partial charge in [0, 0.05) is 43.8 Å². The van der Waals surface area contributed by atoms with E-state index >= 15 is 0 Å². The molecule has 3 heterocycles. The third-order valence-electron chi connectivity index (χ3n) is 6.90. The van der Waals surface area contributed by atoms with E-state index in [-0.39, 0.29) is 12.6 Å². The largest absolute Gasteiger partial charge is 0.496 e. The zero-order valence-corrected chi connectivity index (χ0v) is 23.4. The van der Waals surface area contributed by atoms with E-state index in [9.17, 15) is 0 Å². The summed E-state index contributed by atoms with van der Waals surface area (Å²) in [5, 5.41) is 15.7. The van der Waals surface area contributed by atoms with Gasteiger partial charge in [-0.1, -0.05) is 37.6 Å². The Morgan fingerprint density at radius 3 is 2.74 bits per heavy atom. The first-order chi connectivity index (χ1) is 19.1. The molecule has 4 aromatic rings. The van der Waals surface area contributed by atoms with Crippen LogP contribution in [0.15, 0.2) is 42.5 Å². The van der Waals surface area contributed by atoms with Crippen LogP contribution in [0, 0.1) is 5.92 Å². The van der Waals surface area contributed by atoms with E-state index in [0.717, 1.165) is 91.2 Å². The molecule has 1 fully saturated rings. The smallest absolute Gasteiger partial charge is 0.222 e. The maximum absolute atomic E-state index is 7.57. The molecule has 0 saturated carbocycles. The fraction of sp³-hybridized carbons (Fsp3) is 0.467. The predicted octanol–water partition coefficient (Wildman–Crippen LogP) is 4.56. The molecular weight excluding hydrogens is 492 g/mol. The van der Waals surface area contributed by atoms with Crippen molar-refractivity contribution in [1.82, 2.24) is 19.9 Å². The zero-order chi connectivity index (χ0) is 27.6. The minimum absolute atomic E-state index is 0.250. The number of methoxy groups -OCH3 is 1. The highest BCUT2D eigenvalue weighted by atomic mass is 16.5. The number of hydrogen-bond donors (Lipinski definition) is 4. The van der Waals surface area contributed by atoms with Crippen LogP contribution in [-0.4, -0.2) is 59.7 Å². The topological polar surface area (TPSA) is 119 Å². The average molecular weight is 535 g/mol. The third kappa shape index (κ3) is 6.98. The van der Waals surface area contributed by atoms with E-state index in [1.54, 1.807) is 14.0 Å². The lowest BCUT2D eigenvalue weighted by atomic mass is 10.1. The molecule has 0 radical (unpaired) electrons. The van der Waals surface area contributed by atoms with Crippen LogP contribution in [0.3, 0.4) is 0 Å². The van der Waals surface area contributed by atoms with E-state index in [4.69, 9.17) is 20.3 Å². The number of hydrogen-bond acceptors (Lipinski definition) is 8. The maximum atomic E-state index is 7.57. The van der Waals surface area contributed by atoms with Crippen LogP contribution in [0.2, 0.25) is 0 Å². The highest BCUT2D eigenvalue weighted by molar-refractivity contribution is 6.09. The van der Waals surface area contributed by atoms with Gasteiger partial charge in [-0.25, -0.2) is 4.98 Å². The molecule has 0 amide bonds. The summed E-state index contributed by atoms with van der Waals surface area (Å²) in [7, 11) is 1.73. The molecular formula is C30H42N6O3. The average Bonchev–Trinajstić information content (AvgIpc) is 3.56. The van der Waals surface area contributed by atoms with Gasteiger partial charge < -0.3 is 35.5 Å². The Balaban J connectivity index is 0.00000112. The first-order valence-electron chi connectivity index (χ1n) is 13.9. The number of aliphatic hydroxyl groups excluding tert-OH is 1. The standard InChI is InChI=1S/C28H36N6O2.C2H6O/c1-3-4-12-31-27-26-25(32-28(29)33-27)22-7-5-6-8-23(22)34(26)17-21-14-19(9-10-24(21)35-2)15-30-16-20-11-13-36-18-20;1-2-3/h5-10,14,20,30H,3-4,11-13,15-18H2,1-2H3,(H3,29,31,32,33);3H,2H2,1H3. The highest BCUT2D eigenvalue weighted by Gasteiger charge is 2.19. The summed E-state index contributed by atoms with van der Waals surface area (Å²) in [5.74, 6) is 2.53. The molecule has 2 aromatic heterocycles. The molecule has 0 bridgehead atoms. The van der Waals surface area contributed by atoms with Crippen LogP contribution >= 0.6 is 0 Å². The summed E-state index contributed by atoms with van der Waals surface area (Å²) in [6.07, 6.45) is 3.29. The molecule has 0 aliphatic carbocycles. The first kappa shape index (κ1) is 28.6. The number of nitrogen functional groups attached to an aromatic ring is 1. The van der Waals surface area contributed by atoms with Gasteiger partial charge in [-0.15, -0.1) is 0 Å². The van der Waals surface area contributed by atoms with Crippen LogP contribution in [0.1, 0.15) is 44.2 Å². The molecule has 9 heteroatoms. The molecule has 0 spiro atoms. The van der Waals surface area contributed by atoms with Gasteiger partial charge in [0.15, 0.2) is 5.82 Å². The van der Waals surface area contributed by atoms with Gasteiger partial charge in [-0.2, -0.15) is 4.98 Å². The second-order valence-electron chi connectivity index (χ2n) is 9.83. The van der Waals surface area contributed by atoms with Crippen molar-refractivity contribution in [3.63, 3.8) is 0 Å². The number of aromatic nitrogens is 3. The molecule has 2 aromatic carbocycles. The molecule has 1 saturated heterocycles. The molecule has 5 rings (SSSR count). The minimum atomic E-state index is 0.250. The fourth-order valence-electron chi connectivity index (χ4n) is 5.02. The molecule has 1 unspecified atom stereocenters. The van der Waals surface area contributed by atoms with Crippen LogP contribution in [0.5, 0.6) is 5.75 Å². The molecule has 9 nitrogen and oxygen atoms in total. The summed E-state index contributed by atoms with van der Waals surface area (Å²) < 4.78 is 13.6. The second-order valence-corrected chi connectivity index (χ2v) is 9.83. The summed E-state index contributed by atoms with van der Waals surface area (Å²) >= 11 is 0. The van der Waals surface area contributed by atoms with E-state index in [0.29, 0.717) is 12.5 Å². The Morgan fingerprint density at radius 1 is 1.18 bits per heavy atom. The number of nitrogens with one attached hydrogen (secondary N) is 2. The van der Waals surface area contributed by atoms with Crippen LogP contribution in [0.25, 0.3) is 21.9 Å². The van der Waals surface area contributed by atoms with Crippen molar-refractivity contribution in [1.29, 1.82) is 0 Å². The van der Waals surface area contributed by atoms with Gasteiger partial charge in [-0.3, -0.25) is 0 Å². The highest BCUT2D eigenvalue weighted by Crippen LogP contribution is 2.34. The Morgan fingerprint density at radius 2 is 2.00 bits per heavy atom. The lowest BCUT2D eigenvalue weighted by molar-refractivity contribution is 0.185. The second kappa shape index (κ2) is 14.1. The lowest BCUT2D eigenvalue weighted by Gasteiger charge is -2.16. The molecule has 1 atom stereocenters. The van der Waals surface area contributed by atoms with Gasteiger partial charge in [-0.05, 0) is 49.4 Å². The molecule has 1 aliphatic heterocycles. The van der Waals surface area contributed by atoms with E-state index in [1.165, 1.54) is 5.56 Å². The van der Waals surface area contributed by atoms with Crippen LogP contribution < -0.4 is 21.1 Å². The number of fused-ring (bicyclic) bond motifs is 3. The van der Waals surface area contributed by atoms with Crippen molar-refractivity contribution in [3.8, 4) is 5.75 Å². The van der Waals surface area contributed by atoms with Crippen molar-refractivity contribution >= 4 is 33.7 Å². The van der Waals surface area contributed by atoms with E-state index in [2.05, 4.69) is 68.5 Å². The molecule has 210 valence electrons. The summed E-state index contributed by atoms with van der Waals surface area (Å²) in [5.41, 5.74) is 11.4. The Kier molecular flexibility index (Phi) is 10.4. The number of unbranched alkanes of at least 4 members (excludes halogenated alkanes) is 1. The number of aliphatic hydroxyl groups is 1. The molecule has 1 aliphatic rings. The van der Waals surface area contributed by atoms with E-state index < -0.39 is 0 Å².